The fraction of sp³-hybridized carbons (Fsp3) is 0.384. The molecule has 21 heteroatoms. The van der Waals surface area contributed by atoms with E-state index in [0.717, 1.165) is 169 Å². The Kier molecular flexibility index (Phi) is 17.8. The molecule has 21 nitrogen and oxygen atoms in total. The second kappa shape index (κ2) is 26.6. The first-order chi connectivity index (χ1) is 45.5. The number of hydrazone groups is 1. The fourth-order valence-electron chi connectivity index (χ4n) is 14.1. The Bertz CT molecular complexity index is 4300. The summed E-state index contributed by atoms with van der Waals surface area (Å²) in [7, 11) is 0. The van der Waals surface area contributed by atoms with Gasteiger partial charge in [-0.15, -0.1) is 10.6 Å². The predicted molar refractivity (Wildman–Crippen MR) is 373 cm³/mol. The van der Waals surface area contributed by atoms with Crippen molar-refractivity contribution < 1.29 is 15.8 Å². The van der Waals surface area contributed by atoms with Crippen molar-refractivity contribution in [3.8, 4) is 33.8 Å². The number of aromatic nitrogens is 9. The van der Waals surface area contributed by atoms with E-state index in [9.17, 15) is 9.59 Å². The summed E-state index contributed by atoms with van der Waals surface area (Å²) in [5, 5.41) is 8.90. The highest BCUT2D eigenvalue weighted by molar-refractivity contribution is 5.97. The number of rotatable bonds is 12. The number of fused-ring (bicyclic) bond motifs is 3. The van der Waals surface area contributed by atoms with Gasteiger partial charge >= 0.3 is 6.09 Å². The number of carbonyl (C=O) groups is 2. The van der Waals surface area contributed by atoms with Crippen molar-refractivity contribution in [1.82, 2.24) is 60.0 Å². The topological polar surface area (TPSA) is 200 Å². The normalized spacial score (nSPS) is 16.7. The van der Waals surface area contributed by atoms with Gasteiger partial charge in [-0.3, -0.25) is 19.7 Å². The first-order valence-corrected chi connectivity index (χ1v) is 33.2. The number of carbonyl (C=O) groups excluding carboxylic acids is 2. The van der Waals surface area contributed by atoms with Crippen LogP contribution < -0.4 is 41.0 Å². The number of anilines is 5. The van der Waals surface area contributed by atoms with Crippen LogP contribution in [0.1, 0.15) is 149 Å². The summed E-state index contributed by atoms with van der Waals surface area (Å²) in [6.45, 7) is 32.6. The van der Waals surface area contributed by atoms with Gasteiger partial charge in [0.05, 0.1) is 82.6 Å². The summed E-state index contributed by atoms with van der Waals surface area (Å²) >= 11 is 0. The Morgan fingerprint density at radius 2 is 0.957 bits per heavy atom. The molecule has 0 spiro atoms. The van der Waals surface area contributed by atoms with Crippen LogP contribution in [0.3, 0.4) is 0 Å². The van der Waals surface area contributed by atoms with Gasteiger partial charge in [-0.05, 0) is 161 Å². The van der Waals surface area contributed by atoms with E-state index in [1.54, 1.807) is 0 Å². The molecule has 1 atom stereocenters. The molecular weight excluding hydrogens is 1180 g/mol. The lowest BCUT2D eigenvalue weighted by Gasteiger charge is -2.32. The molecule has 0 radical (unpaired) electrons. The number of hydrogen-bond acceptors (Lipinski definition) is 16. The molecule has 6 aliphatic rings. The zero-order valence-electron chi connectivity index (χ0n) is 56.0. The van der Waals surface area contributed by atoms with E-state index in [-0.39, 0.29) is 19.5 Å². The van der Waals surface area contributed by atoms with Gasteiger partial charge in [-0.1, -0.05) is 53.7 Å². The zero-order chi connectivity index (χ0) is 65.5. The van der Waals surface area contributed by atoms with Crippen molar-refractivity contribution in [2.75, 3.05) is 57.4 Å². The standard InChI is InChI=1S/C26H31N5O.C24H27N5O2.C23H28N8.H2/c1-17(2)25-21(7-5-11-27-25)26-23-16-29(13-14-30(23)19(4)28-26)20-9-10-22(18(3)15-20)31-12-6-8-24(31)32;1-15(2)22-19(5-4-10-25-22)23-21-13-28(11-12-29(21)16(3)26-23)18-8-6-17(7-9-18)20-14-31-24(30)27-20;1-15(2)22-20(6-5-11-24-22)23-21-14-29(12-13-30(21)16(3)25-23)18-7-9-19(10-8-18)31-17(4)26-27-28-31;/h5,7,9-11,15,17H,6,8,12-14,16H2,1-4H3;4-10,15,20H,11-14H2,1-3H3,(H,27,30);5-11,15,27-28H,12-14H2,1-4H3;1H. The molecule has 1 unspecified atom stereocenters. The van der Waals surface area contributed by atoms with Crippen molar-refractivity contribution in [2.24, 2.45) is 5.10 Å². The van der Waals surface area contributed by atoms with Crippen molar-refractivity contribution in [2.45, 2.75) is 152 Å². The van der Waals surface area contributed by atoms with Crippen LogP contribution in [0.5, 0.6) is 0 Å². The number of benzene rings is 3. The Morgan fingerprint density at radius 3 is 1.35 bits per heavy atom. The third-order valence-electron chi connectivity index (χ3n) is 18.9. The number of nitrogens with one attached hydrogen (secondary N) is 3. The molecule has 12 heterocycles. The van der Waals surface area contributed by atoms with Crippen molar-refractivity contribution in [3.05, 3.63) is 184 Å². The molecule has 6 aliphatic heterocycles. The van der Waals surface area contributed by atoms with Gasteiger partial charge in [0, 0.05) is 112 Å². The highest BCUT2D eigenvalue weighted by Gasteiger charge is 2.31. The van der Waals surface area contributed by atoms with Gasteiger partial charge in [0.15, 0.2) is 0 Å². The van der Waals surface area contributed by atoms with Gasteiger partial charge < -0.3 is 43.4 Å². The molecule has 3 N–H and O–H groups in total. The minimum absolute atomic E-state index is 0. The highest BCUT2D eigenvalue weighted by atomic mass is 16.6. The molecule has 15 rings (SSSR count). The van der Waals surface area contributed by atoms with Crippen molar-refractivity contribution in [3.63, 3.8) is 0 Å². The smallest absolute Gasteiger partial charge is 0.407 e. The summed E-state index contributed by atoms with van der Waals surface area (Å²) in [5.74, 6) is 5.33. The molecule has 94 heavy (non-hydrogen) atoms. The molecule has 0 saturated carbocycles. The van der Waals surface area contributed by atoms with Crippen molar-refractivity contribution in [1.29, 1.82) is 0 Å². The molecule has 3 aromatic carbocycles. The number of nitrogens with zero attached hydrogens (tertiary/aromatic N) is 15. The first-order valence-electron chi connectivity index (χ1n) is 33.2. The van der Waals surface area contributed by atoms with Gasteiger partial charge in [-0.25, -0.2) is 30.3 Å². The van der Waals surface area contributed by atoms with E-state index in [4.69, 9.17) is 19.7 Å². The third kappa shape index (κ3) is 12.5. The minimum Gasteiger partial charge on any atom is -0.447 e. The van der Waals surface area contributed by atoms with E-state index in [0.29, 0.717) is 30.8 Å². The maximum atomic E-state index is 12.2. The predicted octanol–water partition coefficient (Wildman–Crippen LogP) is 12.8. The van der Waals surface area contributed by atoms with Crippen LogP contribution in [-0.4, -0.2) is 94.2 Å². The molecule has 9 aromatic rings. The van der Waals surface area contributed by atoms with Crippen LogP contribution in [0.2, 0.25) is 0 Å². The van der Waals surface area contributed by atoms with Gasteiger partial charge in [0.1, 0.15) is 29.9 Å². The summed E-state index contributed by atoms with van der Waals surface area (Å²) in [4.78, 5) is 61.5. The summed E-state index contributed by atoms with van der Waals surface area (Å²) < 4.78 is 12.1. The molecule has 2 saturated heterocycles. The quantitative estimate of drug-likeness (QED) is 0.104. The molecule has 0 aliphatic carbocycles. The second-order valence-electron chi connectivity index (χ2n) is 26.1. The van der Waals surface area contributed by atoms with Gasteiger partial charge in [0.25, 0.3) is 0 Å². The second-order valence-corrected chi connectivity index (χ2v) is 26.1. The van der Waals surface area contributed by atoms with Crippen LogP contribution in [0, 0.1) is 27.7 Å². The Morgan fingerprint density at radius 1 is 0.521 bits per heavy atom. The maximum Gasteiger partial charge on any atom is 0.407 e. The van der Waals surface area contributed by atoms with E-state index >= 15 is 0 Å². The SMILES string of the molecule is CC1=NNNN1c1ccc(N2CCn3c(C)nc(-c4cccnc4C(C)C)c3C2)cc1.Cc1cc(N2CCn3c(C)nc(-c4cccnc4C(C)C)c3C2)ccc1N1CCCC1=O.Cc1nc(-c2cccnc2C(C)C)c2n1CCN(c1ccc(C3COC(=O)N3)cc1)C2.[HH]. The maximum absolute atomic E-state index is 12.2. The summed E-state index contributed by atoms with van der Waals surface area (Å²) in [5.41, 5.74) is 27.3. The number of cyclic esters (lactones) is 1. The Balaban J connectivity index is 0.000000136. The molecule has 6 aromatic heterocycles. The monoisotopic (exact) mass is 1260 g/mol. The number of hydrogen-bond donors (Lipinski definition) is 3. The largest absolute Gasteiger partial charge is 0.447 e. The van der Waals surface area contributed by atoms with Crippen LogP contribution >= 0.6 is 0 Å². The van der Waals surface area contributed by atoms with E-state index < -0.39 is 0 Å². The minimum atomic E-state index is -0.350. The number of pyridine rings is 3. The lowest BCUT2D eigenvalue weighted by atomic mass is 10.00. The fourth-order valence-corrected chi connectivity index (χ4v) is 14.1. The lowest BCUT2D eigenvalue weighted by molar-refractivity contribution is -0.117. The van der Waals surface area contributed by atoms with Gasteiger partial charge in [0.2, 0.25) is 5.91 Å². The molecule has 0 bridgehead atoms. The molecule has 2 fully saturated rings. The van der Waals surface area contributed by atoms with Crippen LogP contribution in [0.4, 0.5) is 33.2 Å². The molecule has 2 amide bonds. The average Bonchev–Trinajstić information content (AvgIpc) is 1.66. The van der Waals surface area contributed by atoms with Crippen molar-refractivity contribution >= 4 is 46.3 Å². The van der Waals surface area contributed by atoms with E-state index in [1.165, 1.54) is 34.1 Å². The van der Waals surface area contributed by atoms with E-state index in [2.05, 4.69) is 219 Å². The van der Waals surface area contributed by atoms with Gasteiger partial charge in [-0.2, -0.15) is 0 Å². The molecular formula is C73H88N18O3. The average molecular weight is 1270 g/mol. The van der Waals surface area contributed by atoms with Crippen LogP contribution in [0.15, 0.2) is 127 Å². The first kappa shape index (κ1) is 62.9. The van der Waals surface area contributed by atoms with Crippen LogP contribution in [0.25, 0.3) is 33.8 Å². The molecule has 488 valence electrons. The number of alkyl carbamates (subject to hydrolysis) is 1. The van der Waals surface area contributed by atoms with Crippen LogP contribution in [-0.2, 0) is 48.8 Å². The highest BCUT2D eigenvalue weighted by Crippen LogP contribution is 2.39. The van der Waals surface area contributed by atoms with E-state index in [1.807, 2.05) is 53.6 Å². The zero-order valence-corrected chi connectivity index (χ0v) is 56.0. The number of imidazole rings is 3. The number of ether oxygens (including phenoxy) is 1. The number of amidine groups is 1. The Hall–Kier alpha value is -9.89. The third-order valence-corrected chi connectivity index (χ3v) is 18.9. The number of amides is 2. The number of aryl methyl sites for hydroxylation is 4. The Labute approximate surface area is 552 Å². The number of hydrazine groups is 2. The summed E-state index contributed by atoms with van der Waals surface area (Å²) in [6, 6.07) is 35.9. The summed E-state index contributed by atoms with van der Waals surface area (Å²) in [6.07, 6.45) is 6.86. The lowest BCUT2D eigenvalue weighted by Crippen LogP contribution is -2.40.